The summed E-state index contributed by atoms with van der Waals surface area (Å²) >= 11 is 3.50. The van der Waals surface area contributed by atoms with Gasteiger partial charge in [0.05, 0.1) is 17.3 Å². The minimum atomic E-state index is 0.0108. The first kappa shape index (κ1) is 17.3. The molecular weight excluding hydrogens is 384 g/mol. The first-order valence-corrected chi connectivity index (χ1v) is 11.0. The molecule has 28 heavy (non-hydrogen) atoms. The average molecular weight is 403 g/mol. The summed E-state index contributed by atoms with van der Waals surface area (Å²) in [6.07, 6.45) is 4.40. The SMILES string of the molecule is O=C(C=Cc1ccc2ccccc2n1)N1CCc2sccc2C1c1cccs1. The highest BCUT2D eigenvalue weighted by molar-refractivity contribution is 7.10. The number of nitrogens with zero attached hydrogens (tertiary/aromatic N) is 2. The van der Waals surface area contributed by atoms with Crippen LogP contribution in [0.5, 0.6) is 0 Å². The molecule has 0 radical (unpaired) electrons. The molecule has 0 aliphatic carbocycles. The van der Waals surface area contributed by atoms with Crippen LogP contribution in [-0.2, 0) is 11.2 Å². The van der Waals surface area contributed by atoms with Gasteiger partial charge in [-0.15, -0.1) is 22.7 Å². The molecule has 1 amide bonds. The zero-order chi connectivity index (χ0) is 18.9. The van der Waals surface area contributed by atoms with E-state index in [1.165, 1.54) is 15.3 Å². The van der Waals surface area contributed by atoms with Gasteiger partial charge in [-0.3, -0.25) is 4.79 Å². The highest BCUT2D eigenvalue weighted by Crippen LogP contribution is 2.39. The number of benzene rings is 1. The van der Waals surface area contributed by atoms with Crippen LogP contribution in [0.4, 0.5) is 0 Å². The molecule has 5 rings (SSSR count). The number of hydrogen-bond donors (Lipinski definition) is 0. The van der Waals surface area contributed by atoms with E-state index in [0.717, 1.165) is 29.6 Å². The molecule has 0 bridgehead atoms. The third-order valence-electron chi connectivity index (χ3n) is 5.08. The molecular formula is C23H18N2OS2. The van der Waals surface area contributed by atoms with Gasteiger partial charge in [0.25, 0.3) is 0 Å². The molecule has 3 nitrogen and oxygen atoms in total. The van der Waals surface area contributed by atoms with Crippen molar-refractivity contribution in [3.63, 3.8) is 0 Å². The van der Waals surface area contributed by atoms with Crippen molar-refractivity contribution in [1.29, 1.82) is 0 Å². The van der Waals surface area contributed by atoms with Gasteiger partial charge in [0, 0.05) is 27.8 Å². The molecule has 138 valence electrons. The maximum Gasteiger partial charge on any atom is 0.247 e. The van der Waals surface area contributed by atoms with Crippen LogP contribution >= 0.6 is 22.7 Å². The monoisotopic (exact) mass is 402 g/mol. The second kappa shape index (κ2) is 7.34. The highest BCUT2D eigenvalue weighted by Gasteiger charge is 2.32. The van der Waals surface area contributed by atoms with Crippen molar-refractivity contribution in [3.05, 3.63) is 92.4 Å². The molecule has 3 aromatic heterocycles. The van der Waals surface area contributed by atoms with Crippen molar-refractivity contribution >= 4 is 45.6 Å². The number of hydrogen-bond acceptors (Lipinski definition) is 4. The molecule has 1 atom stereocenters. The summed E-state index contributed by atoms with van der Waals surface area (Å²) in [4.78, 5) is 22.3. The number of carbonyl (C=O) groups is 1. The molecule has 0 saturated heterocycles. The molecule has 0 saturated carbocycles. The summed E-state index contributed by atoms with van der Waals surface area (Å²) in [5, 5.41) is 5.31. The molecule has 4 heterocycles. The van der Waals surface area contributed by atoms with E-state index in [2.05, 4.69) is 33.9 Å². The summed E-state index contributed by atoms with van der Waals surface area (Å²) in [6.45, 7) is 0.740. The van der Waals surface area contributed by atoms with Crippen molar-refractivity contribution in [2.24, 2.45) is 0 Å². The van der Waals surface area contributed by atoms with E-state index >= 15 is 0 Å². The van der Waals surface area contributed by atoms with Gasteiger partial charge in [0.15, 0.2) is 0 Å². The van der Waals surface area contributed by atoms with E-state index in [1.807, 2.05) is 47.4 Å². The predicted octanol–water partition coefficient (Wildman–Crippen LogP) is 5.55. The standard InChI is InChI=1S/C23H18N2OS2/c26-22(10-9-17-8-7-16-4-1-2-5-19(16)24-17)25-13-11-20-18(12-15-28-20)23(25)21-6-3-14-27-21/h1-10,12,14-15,23H,11,13H2. The van der Waals surface area contributed by atoms with Gasteiger partial charge in [-0.25, -0.2) is 4.98 Å². The number of para-hydroxylation sites is 1. The fourth-order valence-corrected chi connectivity index (χ4v) is 5.49. The van der Waals surface area contributed by atoms with Crippen LogP contribution in [-0.4, -0.2) is 22.3 Å². The number of thiophene rings is 2. The van der Waals surface area contributed by atoms with Crippen LogP contribution in [0.2, 0.25) is 0 Å². The minimum Gasteiger partial charge on any atom is -0.327 e. The van der Waals surface area contributed by atoms with Gasteiger partial charge < -0.3 is 4.90 Å². The van der Waals surface area contributed by atoms with E-state index in [0.29, 0.717) is 0 Å². The third kappa shape index (κ3) is 3.17. The van der Waals surface area contributed by atoms with Crippen LogP contribution in [0.1, 0.15) is 27.1 Å². The number of fused-ring (bicyclic) bond motifs is 2. The number of aromatic nitrogens is 1. The quantitative estimate of drug-likeness (QED) is 0.421. The van der Waals surface area contributed by atoms with Crippen LogP contribution in [0, 0.1) is 0 Å². The van der Waals surface area contributed by atoms with Gasteiger partial charge in [-0.2, -0.15) is 0 Å². The first-order valence-electron chi connectivity index (χ1n) is 9.24. The fourth-order valence-electron chi connectivity index (χ4n) is 3.73. The van der Waals surface area contributed by atoms with Crippen molar-refractivity contribution in [3.8, 4) is 0 Å². The van der Waals surface area contributed by atoms with Crippen LogP contribution < -0.4 is 0 Å². The zero-order valence-electron chi connectivity index (χ0n) is 15.1. The van der Waals surface area contributed by atoms with Crippen molar-refractivity contribution < 1.29 is 4.79 Å². The Labute approximate surface area is 171 Å². The third-order valence-corrected chi connectivity index (χ3v) is 7.00. The molecule has 1 aliphatic rings. The molecule has 1 aromatic carbocycles. The summed E-state index contributed by atoms with van der Waals surface area (Å²) in [5.41, 5.74) is 3.01. The normalized spacial score (nSPS) is 16.6. The minimum absolute atomic E-state index is 0.0108. The molecule has 5 heteroatoms. The fraction of sp³-hybridized carbons (Fsp3) is 0.130. The Balaban J connectivity index is 1.44. The molecule has 0 spiro atoms. The summed E-state index contributed by atoms with van der Waals surface area (Å²) < 4.78 is 0. The average Bonchev–Trinajstić information content (AvgIpc) is 3.43. The van der Waals surface area contributed by atoms with Crippen LogP contribution in [0.15, 0.2) is 71.4 Å². The van der Waals surface area contributed by atoms with Gasteiger partial charge in [0.2, 0.25) is 5.91 Å². The second-order valence-electron chi connectivity index (χ2n) is 6.76. The predicted molar refractivity (Wildman–Crippen MR) is 117 cm³/mol. The van der Waals surface area contributed by atoms with Gasteiger partial charge in [-0.05, 0) is 53.1 Å². The lowest BCUT2D eigenvalue weighted by Crippen LogP contribution is -2.38. The Kier molecular flexibility index (Phi) is 4.55. The van der Waals surface area contributed by atoms with Crippen LogP contribution in [0.3, 0.4) is 0 Å². The maximum atomic E-state index is 13.1. The van der Waals surface area contributed by atoms with Crippen molar-refractivity contribution in [1.82, 2.24) is 9.88 Å². The Morgan fingerprint density at radius 2 is 1.96 bits per heavy atom. The molecule has 4 aromatic rings. The topological polar surface area (TPSA) is 33.2 Å². The van der Waals surface area contributed by atoms with Gasteiger partial charge >= 0.3 is 0 Å². The smallest absolute Gasteiger partial charge is 0.247 e. The molecule has 0 fully saturated rings. The molecule has 1 unspecified atom stereocenters. The van der Waals surface area contributed by atoms with E-state index in [9.17, 15) is 4.79 Å². The van der Waals surface area contributed by atoms with Crippen molar-refractivity contribution in [2.75, 3.05) is 6.54 Å². The number of amides is 1. The largest absolute Gasteiger partial charge is 0.327 e. The van der Waals surface area contributed by atoms with E-state index in [-0.39, 0.29) is 11.9 Å². The lowest BCUT2D eigenvalue weighted by atomic mass is 9.98. The van der Waals surface area contributed by atoms with Crippen molar-refractivity contribution in [2.45, 2.75) is 12.5 Å². The Morgan fingerprint density at radius 3 is 2.86 bits per heavy atom. The Morgan fingerprint density at radius 1 is 1.04 bits per heavy atom. The summed E-state index contributed by atoms with van der Waals surface area (Å²) in [5.74, 6) is 0.0326. The zero-order valence-corrected chi connectivity index (χ0v) is 16.7. The summed E-state index contributed by atoms with van der Waals surface area (Å²) in [6, 6.07) is 18.4. The van der Waals surface area contributed by atoms with E-state index in [1.54, 1.807) is 28.7 Å². The maximum absolute atomic E-state index is 13.1. The molecule has 0 N–H and O–H groups in total. The second-order valence-corrected chi connectivity index (χ2v) is 8.74. The van der Waals surface area contributed by atoms with E-state index < -0.39 is 0 Å². The molecule has 1 aliphatic heterocycles. The van der Waals surface area contributed by atoms with Crippen LogP contribution in [0.25, 0.3) is 17.0 Å². The number of rotatable bonds is 3. The number of carbonyl (C=O) groups excluding carboxylic acids is 1. The summed E-state index contributed by atoms with van der Waals surface area (Å²) in [7, 11) is 0. The Bertz CT molecular complexity index is 1160. The lowest BCUT2D eigenvalue weighted by molar-refractivity contribution is -0.127. The van der Waals surface area contributed by atoms with Gasteiger partial charge in [-0.1, -0.05) is 30.3 Å². The highest BCUT2D eigenvalue weighted by atomic mass is 32.1. The van der Waals surface area contributed by atoms with Gasteiger partial charge in [0.1, 0.15) is 0 Å². The number of pyridine rings is 1. The first-order chi connectivity index (χ1) is 13.8. The lowest BCUT2D eigenvalue weighted by Gasteiger charge is -2.34. The van der Waals surface area contributed by atoms with E-state index in [4.69, 9.17) is 0 Å². The Hall–Kier alpha value is -2.76.